The molecular formula is C20H26O3. The predicted octanol–water partition coefficient (Wildman–Crippen LogP) is 3.51. The monoisotopic (exact) mass is 314 g/mol. The molecule has 4 aliphatic carbocycles. The molecule has 0 radical (unpaired) electrons. The van der Waals surface area contributed by atoms with Gasteiger partial charge in [-0.05, 0) is 55.9 Å². The van der Waals surface area contributed by atoms with Crippen LogP contribution < -0.4 is 0 Å². The van der Waals surface area contributed by atoms with Gasteiger partial charge in [-0.15, -0.1) is 0 Å². The van der Waals surface area contributed by atoms with Gasteiger partial charge in [0, 0.05) is 29.6 Å². The molecule has 3 fully saturated rings. The quantitative estimate of drug-likeness (QED) is 0.696. The van der Waals surface area contributed by atoms with Crippen LogP contribution in [0.5, 0.6) is 0 Å². The van der Waals surface area contributed by atoms with Crippen LogP contribution in [0.3, 0.4) is 0 Å². The highest BCUT2D eigenvalue weighted by molar-refractivity contribution is 5.94. The third kappa shape index (κ3) is 1.85. The molecular weight excluding hydrogens is 288 g/mol. The van der Waals surface area contributed by atoms with Crippen LogP contribution in [0.2, 0.25) is 0 Å². The molecule has 124 valence electrons. The number of Topliss-reactive ketones (excluding diaryl/α,β-unsaturated/α-hetero) is 1. The largest absolute Gasteiger partial charge is 0.303 e. The summed E-state index contributed by atoms with van der Waals surface area (Å²) in [5.41, 5.74) is 0.922. The van der Waals surface area contributed by atoms with Crippen LogP contribution in [0.1, 0.15) is 58.8 Å². The number of hydrogen-bond acceptors (Lipinski definition) is 3. The van der Waals surface area contributed by atoms with Gasteiger partial charge in [0.1, 0.15) is 12.1 Å². The van der Waals surface area contributed by atoms with Crippen LogP contribution >= 0.6 is 0 Å². The highest BCUT2D eigenvalue weighted by atomic mass is 16.1. The summed E-state index contributed by atoms with van der Waals surface area (Å²) in [5, 5.41) is 0. The van der Waals surface area contributed by atoms with E-state index in [1.165, 1.54) is 5.57 Å². The minimum atomic E-state index is -0.177. The molecule has 4 rings (SSSR count). The third-order valence-electron chi connectivity index (χ3n) is 8.05. The average molecular weight is 314 g/mol. The maximum atomic E-state index is 12.4. The maximum Gasteiger partial charge on any atom is 0.156 e. The van der Waals surface area contributed by atoms with Crippen molar-refractivity contribution in [3.05, 3.63) is 11.6 Å². The van der Waals surface area contributed by atoms with Gasteiger partial charge in [-0.3, -0.25) is 9.59 Å². The summed E-state index contributed by atoms with van der Waals surface area (Å²) in [6, 6.07) is 0. The van der Waals surface area contributed by atoms with Gasteiger partial charge in [-0.1, -0.05) is 19.4 Å². The fourth-order valence-corrected chi connectivity index (χ4v) is 6.65. The van der Waals surface area contributed by atoms with Gasteiger partial charge in [0.15, 0.2) is 5.78 Å². The van der Waals surface area contributed by atoms with Crippen LogP contribution in [-0.2, 0) is 14.4 Å². The van der Waals surface area contributed by atoms with Crippen LogP contribution in [0.4, 0.5) is 0 Å². The number of allylic oxidation sites excluding steroid dienone is 1. The Bertz CT molecular complexity index is 618. The Morgan fingerprint density at radius 2 is 1.87 bits per heavy atom. The van der Waals surface area contributed by atoms with Gasteiger partial charge in [0.25, 0.3) is 0 Å². The van der Waals surface area contributed by atoms with Crippen molar-refractivity contribution in [1.82, 2.24) is 0 Å². The fraction of sp³-hybridized carbons (Fsp3) is 0.750. The number of rotatable bonds is 1. The molecule has 23 heavy (non-hydrogen) atoms. The number of aldehydes is 1. The number of ketones is 2. The molecule has 0 aromatic heterocycles. The first-order valence-corrected chi connectivity index (χ1v) is 9.13. The Morgan fingerprint density at radius 3 is 2.61 bits per heavy atom. The highest BCUT2D eigenvalue weighted by Crippen LogP contribution is 2.65. The SMILES string of the molecule is C[C@]12CC[C@@H]3[C@@H](CCC4=CC(=O)CC(C=O)[C@@]43C)[C@@H]1CCC2=O. The second kappa shape index (κ2) is 4.87. The summed E-state index contributed by atoms with van der Waals surface area (Å²) >= 11 is 0. The molecule has 6 atom stereocenters. The zero-order valence-electron chi connectivity index (χ0n) is 14.1. The van der Waals surface area contributed by atoms with E-state index in [1.54, 1.807) is 0 Å². The van der Waals surface area contributed by atoms with Crippen LogP contribution in [0.15, 0.2) is 11.6 Å². The molecule has 0 amide bonds. The highest BCUT2D eigenvalue weighted by Gasteiger charge is 2.60. The summed E-state index contributed by atoms with van der Waals surface area (Å²) < 4.78 is 0. The molecule has 0 bridgehead atoms. The molecule has 0 aromatic carbocycles. The van der Waals surface area contributed by atoms with Gasteiger partial charge in [-0.2, -0.15) is 0 Å². The van der Waals surface area contributed by atoms with Gasteiger partial charge in [0.2, 0.25) is 0 Å². The zero-order valence-corrected chi connectivity index (χ0v) is 14.1. The molecule has 3 saturated carbocycles. The van der Waals surface area contributed by atoms with Gasteiger partial charge >= 0.3 is 0 Å². The second-order valence-corrected chi connectivity index (χ2v) is 8.70. The number of carbonyl (C=O) groups is 3. The standard InChI is InChI=1S/C20H26O3/c1-19-8-7-17-15(16(19)5-6-18(19)23)4-3-12-9-14(22)10-13(11-21)20(12,17)2/h9,11,13,15-17H,3-8,10H2,1-2H3/t13?,15-,16-,17+,19-,20+/m0/s1. The molecule has 0 spiro atoms. The van der Waals surface area contributed by atoms with Gasteiger partial charge in [0.05, 0.1) is 0 Å². The molecule has 0 aliphatic heterocycles. The van der Waals surface area contributed by atoms with Crippen LogP contribution in [-0.4, -0.2) is 17.9 Å². The van der Waals surface area contributed by atoms with Crippen LogP contribution in [0.25, 0.3) is 0 Å². The lowest BCUT2D eigenvalue weighted by atomic mass is 9.45. The van der Waals surface area contributed by atoms with E-state index in [2.05, 4.69) is 13.8 Å². The molecule has 3 nitrogen and oxygen atoms in total. The van der Waals surface area contributed by atoms with E-state index in [4.69, 9.17) is 0 Å². The molecule has 4 aliphatic rings. The minimum absolute atomic E-state index is 0.115. The molecule has 0 saturated heterocycles. The van der Waals surface area contributed by atoms with Crippen molar-refractivity contribution in [2.24, 2.45) is 34.5 Å². The Labute approximate surface area is 137 Å². The Hall–Kier alpha value is -1.25. The van der Waals surface area contributed by atoms with Gasteiger partial charge < -0.3 is 4.79 Å². The van der Waals surface area contributed by atoms with Crippen molar-refractivity contribution in [2.75, 3.05) is 0 Å². The topological polar surface area (TPSA) is 51.2 Å². The lowest BCUT2D eigenvalue weighted by Gasteiger charge is -2.58. The number of carbonyl (C=O) groups excluding carboxylic acids is 3. The second-order valence-electron chi connectivity index (χ2n) is 8.70. The molecule has 0 heterocycles. The van der Waals surface area contributed by atoms with Crippen molar-refractivity contribution in [3.8, 4) is 0 Å². The lowest BCUT2D eigenvalue weighted by Crippen LogP contribution is -2.53. The molecule has 0 N–H and O–H groups in total. The first kappa shape index (κ1) is 15.3. The van der Waals surface area contributed by atoms with E-state index in [0.717, 1.165) is 44.8 Å². The Kier molecular flexibility index (Phi) is 3.24. The normalized spacial score (nSPS) is 49.0. The number of fused-ring (bicyclic) bond motifs is 5. The van der Waals surface area contributed by atoms with Crippen LogP contribution in [0, 0.1) is 34.5 Å². The summed E-state index contributed by atoms with van der Waals surface area (Å²) in [6.45, 7) is 4.40. The predicted molar refractivity (Wildman–Crippen MR) is 86.7 cm³/mol. The van der Waals surface area contributed by atoms with Crippen molar-refractivity contribution in [3.63, 3.8) is 0 Å². The number of hydrogen-bond donors (Lipinski definition) is 0. The first-order valence-electron chi connectivity index (χ1n) is 9.13. The summed E-state index contributed by atoms with van der Waals surface area (Å²) in [7, 11) is 0. The van der Waals surface area contributed by atoms with Crippen molar-refractivity contribution in [2.45, 2.75) is 58.8 Å². The van der Waals surface area contributed by atoms with E-state index < -0.39 is 0 Å². The van der Waals surface area contributed by atoms with Crippen molar-refractivity contribution >= 4 is 17.9 Å². The fourth-order valence-electron chi connectivity index (χ4n) is 6.65. The Morgan fingerprint density at radius 1 is 1.09 bits per heavy atom. The minimum Gasteiger partial charge on any atom is -0.303 e. The van der Waals surface area contributed by atoms with Crippen molar-refractivity contribution in [1.29, 1.82) is 0 Å². The van der Waals surface area contributed by atoms with E-state index in [9.17, 15) is 14.4 Å². The first-order chi connectivity index (χ1) is 10.9. The van der Waals surface area contributed by atoms with E-state index >= 15 is 0 Å². The summed E-state index contributed by atoms with van der Waals surface area (Å²) in [4.78, 5) is 36.2. The Balaban J connectivity index is 1.75. The van der Waals surface area contributed by atoms with E-state index in [-0.39, 0.29) is 22.5 Å². The smallest absolute Gasteiger partial charge is 0.156 e. The van der Waals surface area contributed by atoms with E-state index in [1.807, 2.05) is 6.08 Å². The summed E-state index contributed by atoms with van der Waals surface area (Å²) in [6.07, 6.45) is 8.98. The zero-order chi connectivity index (χ0) is 16.4. The average Bonchev–Trinajstić information content (AvgIpc) is 2.83. The third-order valence-corrected chi connectivity index (χ3v) is 8.05. The maximum absolute atomic E-state index is 12.4. The molecule has 1 unspecified atom stereocenters. The molecule has 3 heteroatoms. The lowest BCUT2D eigenvalue weighted by molar-refractivity contribution is -0.136. The van der Waals surface area contributed by atoms with E-state index in [0.29, 0.717) is 30.0 Å². The van der Waals surface area contributed by atoms with Gasteiger partial charge in [-0.25, -0.2) is 0 Å². The summed E-state index contributed by atoms with van der Waals surface area (Å²) in [5.74, 6) is 1.87. The van der Waals surface area contributed by atoms with Crippen molar-refractivity contribution < 1.29 is 14.4 Å². The molecule has 0 aromatic rings.